The molecule has 1 aliphatic carbocycles. The molecule has 1 amide bonds. The van der Waals surface area contributed by atoms with Crippen LogP contribution in [0.5, 0.6) is 0 Å². The van der Waals surface area contributed by atoms with Gasteiger partial charge in [0, 0.05) is 31.7 Å². The summed E-state index contributed by atoms with van der Waals surface area (Å²) in [5, 5.41) is 12.3. The van der Waals surface area contributed by atoms with Gasteiger partial charge in [0.1, 0.15) is 11.6 Å². The number of nitrogens with zero attached hydrogens (tertiary/aromatic N) is 2. The number of amides is 1. The van der Waals surface area contributed by atoms with Gasteiger partial charge in [0.15, 0.2) is 5.76 Å². The van der Waals surface area contributed by atoms with Crippen LogP contribution in [0.1, 0.15) is 29.9 Å². The fourth-order valence-electron chi connectivity index (χ4n) is 3.70. The maximum Gasteiger partial charge on any atom is 0.309 e. The minimum Gasteiger partial charge on any atom is -0.481 e. The van der Waals surface area contributed by atoms with Crippen LogP contribution in [0.4, 0.5) is 8.78 Å². The van der Waals surface area contributed by atoms with Gasteiger partial charge in [-0.25, -0.2) is 13.8 Å². The minimum absolute atomic E-state index is 0.0123. The van der Waals surface area contributed by atoms with E-state index in [0.717, 1.165) is 12.6 Å². The summed E-state index contributed by atoms with van der Waals surface area (Å²) < 4.78 is 32.3. The van der Waals surface area contributed by atoms with Crippen LogP contribution in [-0.2, 0) is 4.79 Å². The van der Waals surface area contributed by atoms with E-state index in [4.69, 9.17) is 4.42 Å². The molecule has 154 valence electrons. The van der Waals surface area contributed by atoms with Gasteiger partial charge in [-0.15, -0.1) is 0 Å². The van der Waals surface area contributed by atoms with Crippen molar-refractivity contribution in [3.63, 3.8) is 0 Å². The Balaban J connectivity index is 1.43. The third-order valence-corrected chi connectivity index (χ3v) is 5.44. The molecule has 2 N–H and O–H groups in total. The zero-order valence-electron chi connectivity index (χ0n) is 15.6. The van der Waals surface area contributed by atoms with Gasteiger partial charge in [-0.1, -0.05) is 0 Å². The monoisotopic (exact) mass is 405 g/mol. The summed E-state index contributed by atoms with van der Waals surface area (Å²) in [5.41, 5.74) is -0.0188. The average molecular weight is 405 g/mol. The number of piperidine rings is 1. The molecule has 1 aliphatic heterocycles. The van der Waals surface area contributed by atoms with E-state index in [0.29, 0.717) is 31.5 Å². The fraction of sp³-hybridized carbons (Fsp3) is 0.450. The summed E-state index contributed by atoms with van der Waals surface area (Å²) in [6.07, 6.45) is 4.07. The van der Waals surface area contributed by atoms with Gasteiger partial charge in [0.05, 0.1) is 17.7 Å². The number of carbonyl (C=O) groups is 2. The summed E-state index contributed by atoms with van der Waals surface area (Å²) >= 11 is 0. The van der Waals surface area contributed by atoms with Gasteiger partial charge in [-0.2, -0.15) is 0 Å². The number of benzene rings is 1. The number of hydrogen-bond donors (Lipinski definition) is 2. The molecular weight excluding hydrogens is 384 g/mol. The lowest BCUT2D eigenvalue weighted by molar-refractivity contribution is -0.144. The highest BCUT2D eigenvalue weighted by molar-refractivity contribution is 5.90. The van der Waals surface area contributed by atoms with Gasteiger partial charge in [0.2, 0.25) is 0 Å². The molecule has 2 aliphatic rings. The van der Waals surface area contributed by atoms with Crippen LogP contribution in [-0.4, -0.2) is 52.5 Å². The zero-order chi connectivity index (χ0) is 20.5. The second-order valence-corrected chi connectivity index (χ2v) is 7.67. The molecule has 2 fully saturated rings. The predicted molar refractivity (Wildman–Crippen MR) is 98.0 cm³/mol. The Bertz CT molecular complexity index is 928. The number of likely N-dealkylation sites (tertiary alicyclic amines) is 1. The highest BCUT2D eigenvalue weighted by atomic mass is 19.1. The van der Waals surface area contributed by atoms with E-state index in [2.05, 4.69) is 15.2 Å². The van der Waals surface area contributed by atoms with Crippen molar-refractivity contribution >= 4 is 11.9 Å². The highest BCUT2D eigenvalue weighted by Gasteiger charge is 2.37. The van der Waals surface area contributed by atoms with E-state index in [1.165, 1.54) is 25.1 Å². The van der Waals surface area contributed by atoms with Gasteiger partial charge in [-0.3, -0.25) is 9.59 Å². The molecule has 4 rings (SSSR count). The van der Waals surface area contributed by atoms with Crippen molar-refractivity contribution in [1.82, 2.24) is 15.2 Å². The van der Waals surface area contributed by atoms with Crippen LogP contribution in [0.3, 0.4) is 0 Å². The Labute approximate surface area is 165 Å². The van der Waals surface area contributed by atoms with Gasteiger partial charge in [-0.05, 0) is 37.3 Å². The molecule has 2 aromatic rings. The van der Waals surface area contributed by atoms with Crippen LogP contribution in [0.15, 0.2) is 28.8 Å². The summed E-state index contributed by atoms with van der Waals surface area (Å²) in [5.74, 6) is -3.56. The van der Waals surface area contributed by atoms with Gasteiger partial charge < -0.3 is 19.7 Å². The molecule has 2 heterocycles. The SMILES string of the molecule is O=C(NC1CCN(CC2CC2)CC1C(=O)O)c1ncc(-c2ccc(F)cc2F)o1. The van der Waals surface area contributed by atoms with Crippen LogP contribution >= 0.6 is 0 Å². The lowest BCUT2D eigenvalue weighted by Crippen LogP contribution is -2.53. The maximum atomic E-state index is 13.9. The largest absolute Gasteiger partial charge is 0.481 e. The Kier molecular flexibility index (Phi) is 5.31. The molecule has 2 atom stereocenters. The number of aliphatic carboxylic acids is 1. The number of carboxylic acid groups (broad SMARTS) is 1. The molecule has 9 heteroatoms. The molecule has 29 heavy (non-hydrogen) atoms. The van der Waals surface area contributed by atoms with Crippen molar-refractivity contribution in [3.8, 4) is 11.3 Å². The number of aromatic nitrogens is 1. The molecule has 1 aromatic heterocycles. The number of carbonyl (C=O) groups excluding carboxylic acids is 1. The zero-order valence-corrected chi connectivity index (χ0v) is 15.6. The Hall–Kier alpha value is -2.81. The lowest BCUT2D eigenvalue weighted by atomic mass is 9.92. The van der Waals surface area contributed by atoms with Crippen LogP contribution in [0, 0.1) is 23.5 Å². The number of nitrogens with one attached hydrogen (secondary N) is 1. The molecule has 0 radical (unpaired) electrons. The molecule has 2 unspecified atom stereocenters. The van der Waals surface area contributed by atoms with E-state index in [-0.39, 0.29) is 17.2 Å². The van der Waals surface area contributed by atoms with Crippen molar-refractivity contribution in [2.24, 2.45) is 11.8 Å². The Morgan fingerprint density at radius 1 is 1.28 bits per heavy atom. The van der Waals surface area contributed by atoms with Crippen molar-refractivity contribution in [3.05, 3.63) is 41.9 Å². The first-order valence-corrected chi connectivity index (χ1v) is 9.58. The maximum absolute atomic E-state index is 13.9. The first-order chi connectivity index (χ1) is 13.9. The summed E-state index contributed by atoms with van der Waals surface area (Å²) in [7, 11) is 0. The molecular formula is C20H21F2N3O4. The predicted octanol–water partition coefficient (Wildman–Crippen LogP) is 2.53. The first-order valence-electron chi connectivity index (χ1n) is 9.58. The van der Waals surface area contributed by atoms with Crippen LogP contribution < -0.4 is 5.32 Å². The van der Waals surface area contributed by atoms with Gasteiger partial charge >= 0.3 is 11.9 Å². The summed E-state index contributed by atoms with van der Waals surface area (Å²) in [4.78, 5) is 30.2. The lowest BCUT2D eigenvalue weighted by Gasteiger charge is -2.36. The van der Waals surface area contributed by atoms with Crippen LogP contribution in [0.2, 0.25) is 0 Å². The standard InChI is InChI=1S/C20H21F2N3O4/c21-12-3-4-13(15(22)7-12)17-8-23-19(29-17)18(26)24-16-5-6-25(9-11-1-2-11)10-14(16)20(27)28/h3-4,7-8,11,14,16H,1-2,5-6,9-10H2,(H,24,26)(H,27,28). The van der Waals surface area contributed by atoms with Crippen molar-refractivity contribution < 1.29 is 27.9 Å². The second-order valence-electron chi connectivity index (χ2n) is 7.67. The number of carboxylic acids is 1. The molecule has 0 bridgehead atoms. The van der Waals surface area contributed by atoms with Crippen molar-refractivity contribution in [2.75, 3.05) is 19.6 Å². The molecule has 1 aromatic carbocycles. The highest BCUT2D eigenvalue weighted by Crippen LogP contribution is 2.31. The topological polar surface area (TPSA) is 95.7 Å². The summed E-state index contributed by atoms with van der Waals surface area (Å²) in [6.45, 7) is 1.99. The average Bonchev–Trinajstić information content (AvgIpc) is 3.35. The van der Waals surface area contributed by atoms with E-state index in [1.54, 1.807) is 0 Å². The molecule has 1 saturated heterocycles. The third kappa shape index (κ3) is 4.45. The number of hydrogen-bond acceptors (Lipinski definition) is 5. The van der Waals surface area contributed by atoms with E-state index in [1.807, 2.05) is 0 Å². The molecule has 0 spiro atoms. The van der Waals surface area contributed by atoms with Crippen molar-refractivity contribution in [1.29, 1.82) is 0 Å². The van der Waals surface area contributed by atoms with Crippen molar-refractivity contribution in [2.45, 2.75) is 25.3 Å². The Morgan fingerprint density at radius 2 is 2.07 bits per heavy atom. The van der Waals surface area contributed by atoms with E-state index < -0.39 is 35.5 Å². The minimum atomic E-state index is -0.961. The van der Waals surface area contributed by atoms with E-state index in [9.17, 15) is 23.5 Å². The van der Waals surface area contributed by atoms with Crippen LogP contribution in [0.25, 0.3) is 11.3 Å². The number of oxazole rings is 1. The smallest absolute Gasteiger partial charge is 0.309 e. The second kappa shape index (κ2) is 7.90. The quantitative estimate of drug-likeness (QED) is 0.767. The molecule has 7 nitrogen and oxygen atoms in total. The van der Waals surface area contributed by atoms with E-state index >= 15 is 0 Å². The third-order valence-electron chi connectivity index (χ3n) is 5.44. The number of halogens is 2. The molecule has 1 saturated carbocycles. The van der Waals surface area contributed by atoms with Gasteiger partial charge in [0.25, 0.3) is 5.89 Å². The fourth-order valence-corrected chi connectivity index (χ4v) is 3.70. The Morgan fingerprint density at radius 3 is 2.76 bits per heavy atom. The first kappa shape index (κ1) is 19.5. The number of rotatable bonds is 6. The summed E-state index contributed by atoms with van der Waals surface area (Å²) in [6, 6.07) is 2.44. The normalized spacial score (nSPS) is 22.4.